The van der Waals surface area contributed by atoms with Crippen LogP contribution in [-0.2, 0) is 19.5 Å². The van der Waals surface area contributed by atoms with Crippen molar-refractivity contribution >= 4 is 29.9 Å². The van der Waals surface area contributed by atoms with Gasteiger partial charge in [0.1, 0.15) is 17.9 Å². The summed E-state index contributed by atoms with van der Waals surface area (Å²) in [6.07, 6.45) is 3.56. The number of guanidine groups is 1. The molecule has 1 atom stereocenters. The van der Waals surface area contributed by atoms with Crippen LogP contribution in [0.1, 0.15) is 35.9 Å². The molecule has 2 heterocycles. The van der Waals surface area contributed by atoms with E-state index in [9.17, 15) is 5.11 Å². The van der Waals surface area contributed by atoms with Crippen LogP contribution in [-0.4, -0.2) is 38.4 Å². The van der Waals surface area contributed by atoms with Crippen molar-refractivity contribution in [1.82, 2.24) is 25.4 Å². The Morgan fingerprint density at radius 2 is 2.08 bits per heavy atom. The van der Waals surface area contributed by atoms with Crippen LogP contribution < -0.4 is 10.6 Å². The summed E-state index contributed by atoms with van der Waals surface area (Å²) in [6.45, 7) is 8.06. The molecule has 3 rings (SSSR count). The van der Waals surface area contributed by atoms with Crippen molar-refractivity contribution in [2.24, 2.45) is 4.99 Å². The molecule has 3 N–H and O–H groups in total. The Hall–Kier alpha value is -1.84. The number of rotatable bonds is 4. The predicted octanol–water partition coefficient (Wildman–Crippen LogP) is 2.29. The molecule has 1 aromatic carbocycles. The minimum absolute atomic E-state index is 0. The summed E-state index contributed by atoms with van der Waals surface area (Å²) in [5.74, 6) is 2.22. The maximum Gasteiger partial charge on any atom is 0.191 e. The number of halogens is 1. The fourth-order valence-electron chi connectivity index (χ4n) is 3.18. The van der Waals surface area contributed by atoms with Crippen LogP contribution in [0.3, 0.4) is 0 Å². The molecule has 8 heteroatoms. The Bertz CT molecular complexity index is 750. The summed E-state index contributed by atoms with van der Waals surface area (Å²) >= 11 is 0. The summed E-state index contributed by atoms with van der Waals surface area (Å²) in [6, 6.07) is 4.25. The highest BCUT2D eigenvalue weighted by atomic mass is 127. The molecule has 1 aliphatic heterocycles. The molecule has 0 bridgehead atoms. The second-order valence-electron chi connectivity index (χ2n) is 6.51. The highest BCUT2D eigenvalue weighted by Crippen LogP contribution is 2.23. The van der Waals surface area contributed by atoms with E-state index in [1.807, 2.05) is 30.7 Å². The smallest absolute Gasteiger partial charge is 0.191 e. The molecule has 0 saturated carbocycles. The van der Waals surface area contributed by atoms with Crippen molar-refractivity contribution in [1.29, 1.82) is 0 Å². The number of hydrogen-bond acceptors (Lipinski definition) is 4. The zero-order valence-electron chi connectivity index (χ0n) is 15.5. The van der Waals surface area contributed by atoms with Gasteiger partial charge in [-0.1, -0.05) is 12.1 Å². The Balaban J connectivity index is 0.00000243. The fourth-order valence-corrected chi connectivity index (χ4v) is 3.18. The van der Waals surface area contributed by atoms with E-state index in [0.717, 1.165) is 54.4 Å². The molecular weight excluding hydrogens is 443 g/mol. The molecular formula is C18H27IN6O. The third-order valence-electron chi connectivity index (χ3n) is 4.46. The largest absolute Gasteiger partial charge is 0.507 e. The number of aryl methyl sites for hydroxylation is 3. The van der Waals surface area contributed by atoms with Gasteiger partial charge in [-0.25, -0.2) is 14.7 Å². The van der Waals surface area contributed by atoms with E-state index in [-0.39, 0.29) is 30.0 Å². The molecule has 7 nitrogen and oxygen atoms in total. The second-order valence-corrected chi connectivity index (χ2v) is 6.51. The van der Waals surface area contributed by atoms with E-state index >= 15 is 0 Å². The molecule has 0 fully saturated rings. The van der Waals surface area contributed by atoms with Gasteiger partial charge in [0.25, 0.3) is 0 Å². The van der Waals surface area contributed by atoms with Crippen molar-refractivity contribution in [3.8, 4) is 5.75 Å². The lowest BCUT2D eigenvalue weighted by Crippen LogP contribution is -2.47. The highest BCUT2D eigenvalue weighted by molar-refractivity contribution is 14.0. The van der Waals surface area contributed by atoms with Gasteiger partial charge in [-0.05, 0) is 43.9 Å². The first-order valence-electron chi connectivity index (χ1n) is 8.77. The quantitative estimate of drug-likeness (QED) is 0.363. The van der Waals surface area contributed by atoms with E-state index in [1.165, 1.54) is 0 Å². The molecule has 0 amide bonds. The molecule has 0 spiro atoms. The van der Waals surface area contributed by atoms with Crippen LogP contribution in [0.5, 0.6) is 5.75 Å². The van der Waals surface area contributed by atoms with Crippen molar-refractivity contribution < 1.29 is 5.11 Å². The predicted molar refractivity (Wildman–Crippen MR) is 113 cm³/mol. The summed E-state index contributed by atoms with van der Waals surface area (Å²) < 4.78 is 1.96. The van der Waals surface area contributed by atoms with E-state index in [2.05, 4.69) is 27.6 Å². The number of aromatic hydroxyl groups is 1. The van der Waals surface area contributed by atoms with Crippen LogP contribution >= 0.6 is 24.0 Å². The van der Waals surface area contributed by atoms with Gasteiger partial charge in [0, 0.05) is 19.0 Å². The van der Waals surface area contributed by atoms with Crippen LogP contribution in [0, 0.1) is 13.8 Å². The van der Waals surface area contributed by atoms with Crippen LogP contribution in [0.15, 0.2) is 23.5 Å². The number of aromatic nitrogens is 3. The van der Waals surface area contributed by atoms with Crippen LogP contribution in [0.2, 0.25) is 0 Å². The molecule has 0 saturated heterocycles. The first-order chi connectivity index (χ1) is 12.1. The molecule has 1 aromatic heterocycles. The third-order valence-corrected chi connectivity index (χ3v) is 4.46. The van der Waals surface area contributed by atoms with Gasteiger partial charge in [-0.15, -0.1) is 24.0 Å². The van der Waals surface area contributed by atoms with Crippen LogP contribution in [0.4, 0.5) is 0 Å². The summed E-state index contributed by atoms with van der Waals surface area (Å²) in [4.78, 5) is 8.96. The minimum Gasteiger partial charge on any atom is -0.507 e. The summed E-state index contributed by atoms with van der Waals surface area (Å²) in [5.41, 5.74) is 2.86. The fraction of sp³-hybridized carbons (Fsp3) is 0.500. The third kappa shape index (κ3) is 4.87. The van der Waals surface area contributed by atoms with E-state index in [4.69, 9.17) is 4.99 Å². The minimum atomic E-state index is 0. The first kappa shape index (κ1) is 20.5. The SMILES string of the molecule is CCNC(=NCc1cc(C)c(O)c(C)c1)NC1CCc2ncnn2C1.I. The number of hydrogen-bond donors (Lipinski definition) is 3. The highest BCUT2D eigenvalue weighted by Gasteiger charge is 2.20. The lowest BCUT2D eigenvalue weighted by molar-refractivity contribution is 0.392. The number of phenolic OH excluding ortho intramolecular Hbond substituents is 1. The van der Waals surface area contributed by atoms with Gasteiger partial charge in [0.2, 0.25) is 0 Å². The normalized spacial score (nSPS) is 16.6. The zero-order chi connectivity index (χ0) is 17.8. The van der Waals surface area contributed by atoms with Gasteiger partial charge < -0.3 is 15.7 Å². The first-order valence-corrected chi connectivity index (χ1v) is 8.77. The lowest BCUT2D eigenvalue weighted by Gasteiger charge is -2.25. The van der Waals surface area contributed by atoms with Gasteiger partial charge in [-0.2, -0.15) is 5.10 Å². The molecule has 1 aliphatic rings. The maximum atomic E-state index is 9.90. The van der Waals surface area contributed by atoms with E-state index in [1.54, 1.807) is 6.33 Å². The molecule has 0 aliphatic carbocycles. The maximum absolute atomic E-state index is 9.90. The summed E-state index contributed by atoms with van der Waals surface area (Å²) in [7, 11) is 0. The molecule has 2 aromatic rings. The molecule has 142 valence electrons. The average Bonchev–Trinajstić information content (AvgIpc) is 3.05. The number of nitrogens with one attached hydrogen (secondary N) is 2. The number of fused-ring (bicyclic) bond motifs is 1. The Kier molecular flexibility index (Phi) is 7.24. The molecule has 26 heavy (non-hydrogen) atoms. The topological polar surface area (TPSA) is 87.4 Å². The van der Waals surface area contributed by atoms with E-state index in [0.29, 0.717) is 12.3 Å². The number of aliphatic imine (C=N–C) groups is 1. The monoisotopic (exact) mass is 470 g/mol. The van der Waals surface area contributed by atoms with Crippen molar-refractivity contribution in [3.05, 3.63) is 41.0 Å². The molecule has 1 unspecified atom stereocenters. The Morgan fingerprint density at radius 3 is 2.77 bits per heavy atom. The summed E-state index contributed by atoms with van der Waals surface area (Å²) in [5, 5.41) is 21.0. The van der Waals surface area contributed by atoms with Crippen molar-refractivity contribution in [2.75, 3.05) is 6.54 Å². The zero-order valence-corrected chi connectivity index (χ0v) is 17.8. The number of nitrogens with zero attached hydrogens (tertiary/aromatic N) is 4. The number of benzene rings is 1. The number of phenols is 1. The van der Waals surface area contributed by atoms with Gasteiger partial charge in [0.15, 0.2) is 5.96 Å². The van der Waals surface area contributed by atoms with Crippen LogP contribution in [0.25, 0.3) is 0 Å². The van der Waals surface area contributed by atoms with Crippen molar-refractivity contribution in [3.63, 3.8) is 0 Å². The van der Waals surface area contributed by atoms with Crippen molar-refractivity contribution in [2.45, 2.75) is 52.7 Å². The second kappa shape index (κ2) is 9.20. The van der Waals surface area contributed by atoms with E-state index < -0.39 is 0 Å². The van der Waals surface area contributed by atoms with Gasteiger partial charge in [0.05, 0.1) is 13.1 Å². The Labute approximate surface area is 171 Å². The standard InChI is InChI=1S/C18H26N6O.HI/c1-4-19-18(20-9-14-7-12(2)17(25)13(3)8-14)23-15-5-6-16-21-11-22-24(16)10-15;/h7-8,11,15,25H,4-6,9-10H2,1-3H3,(H2,19,20,23);1H. The molecule has 0 radical (unpaired) electrons. The van der Waals surface area contributed by atoms with Gasteiger partial charge in [-0.3, -0.25) is 0 Å². The average molecular weight is 470 g/mol. The lowest BCUT2D eigenvalue weighted by atomic mass is 10.1. The van der Waals surface area contributed by atoms with Gasteiger partial charge >= 0.3 is 0 Å². The Morgan fingerprint density at radius 1 is 1.35 bits per heavy atom.